The lowest BCUT2D eigenvalue weighted by Crippen LogP contribution is -2.49. The van der Waals surface area contributed by atoms with Crippen LogP contribution in [0.5, 0.6) is 0 Å². The number of carbonyl (C=O) groups excluding carboxylic acids is 1. The van der Waals surface area contributed by atoms with Gasteiger partial charge in [-0.1, -0.05) is 0 Å². The highest BCUT2D eigenvalue weighted by Crippen LogP contribution is 2.17. The summed E-state index contributed by atoms with van der Waals surface area (Å²) in [6.45, 7) is 4.29. The Morgan fingerprint density at radius 2 is 1.90 bits per heavy atom. The van der Waals surface area contributed by atoms with Crippen molar-refractivity contribution in [3.63, 3.8) is 0 Å². The third-order valence-electron chi connectivity index (χ3n) is 4.04. The van der Waals surface area contributed by atoms with Crippen molar-refractivity contribution in [2.24, 2.45) is 0 Å². The van der Waals surface area contributed by atoms with Crippen molar-refractivity contribution in [2.75, 3.05) is 39.3 Å². The summed E-state index contributed by atoms with van der Waals surface area (Å²) in [5.74, 6) is -0.590. The van der Waals surface area contributed by atoms with Crippen LogP contribution in [-0.2, 0) is 14.3 Å². The fourth-order valence-corrected chi connectivity index (χ4v) is 2.77. The molecule has 0 bridgehead atoms. The number of carboxylic acid groups (broad SMARTS) is 1. The Bertz CT molecular complexity index is 334. The van der Waals surface area contributed by atoms with Gasteiger partial charge in [0, 0.05) is 39.3 Å². The summed E-state index contributed by atoms with van der Waals surface area (Å²) in [6, 6.07) is 0. The molecule has 0 aliphatic carbocycles. The molecule has 20 heavy (non-hydrogen) atoms. The molecule has 1 atom stereocenters. The molecule has 0 spiro atoms. The van der Waals surface area contributed by atoms with E-state index < -0.39 is 5.97 Å². The molecule has 1 N–H and O–H groups in total. The van der Waals surface area contributed by atoms with Gasteiger partial charge < -0.3 is 14.7 Å². The van der Waals surface area contributed by atoms with Gasteiger partial charge in [-0.2, -0.15) is 0 Å². The highest BCUT2D eigenvalue weighted by molar-refractivity contribution is 5.76. The van der Waals surface area contributed by atoms with E-state index in [-0.39, 0.29) is 18.4 Å². The molecule has 2 aliphatic rings. The summed E-state index contributed by atoms with van der Waals surface area (Å²) in [5.41, 5.74) is 0. The maximum Gasteiger partial charge on any atom is 0.304 e. The molecule has 114 valence electrons. The largest absolute Gasteiger partial charge is 0.481 e. The lowest BCUT2D eigenvalue weighted by Gasteiger charge is -2.35. The highest BCUT2D eigenvalue weighted by atomic mass is 16.5. The number of aliphatic carboxylic acids is 1. The molecule has 0 aromatic carbocycles. The predicted octanol–water partition coefficient (Wildman–Crippen LogP) is 0.564. The van der Waals surface area contributed by atoms with Gasteiger partial charge in [-0.05, 0) is 19.3 Å². The Balaban J connectivity index is 1.67. The Labute approximate surface area is 119 Å². The second kappa shape index (κ2) is 7.59. The SMILES string of the molecule is O=C(O)CCN1CCN(C(=O)CC2CCCCO2)CC1. The lowest BCUT2D eigenvalue weighted by atomic mass is 10.1. The molecular formula is C14H24N2O4. The molecule has 0 saturated carbocycles. The average molecular weight is 284 g/mol. The van der Waals surface area contributed by atoms with Gasteiger partial charge in [-0.25, -0.2) is 0 Å². The normalized spacial score (nSPS) is 24.6. The van der Waals surface area contributed by atoms with Crippen LogP contribution in [0.3, 0.4) is 0 Å². The lowest BCUT2D eigenvalue weighted by molar-refractivity contribution is -0.139. The monoisotopic (exact) mass is 284 g/mol. The number of amides is 1. The van der Waals surface area contributed by atoms with Gasteiger partial charge in [0.05, 0.1) is 18.9 Å². The van der Waals surface area contributed by atoms with E-state index in [2.05, 4.69) is 4.90 Å². The number of hydrogen-bond donors (Lipinski definition) is 1. The van der Waals surface area contributed by atoms with Crippen molar-refractivity contribution >= 4 is 11.9 Å². The first-order valence-corrected chi connectivity index (χ1v) is 7.48. The predicted molar refractivity (Wildman–Crippen MR) is 73.5 cm³/mol. The summed E-state index contributed by atoms with van der Waals surface area (Å²) < 4.78 is 5.60. The molecule has 2 saturated heterocycles. The van der Waals surface area contributed by atoms with E-state index in [0.717, 1.165) is 39.0 Å². The van der Waals surface area contributed by atoms with Crippen LogP contribution in [-0.4, -0.2) is 72.2 Å². The number of piperazine rings is 1. The standard InChI is InChI=1S/C14H24N2O4/c17-13(11-12-3-1-2-10-20-12)16-8-6-15(7-9-16)5-4-14(18)19/h12H,1-11H2,(H,18,19). The minimum Gasteiger partial charge on any atom is -0.481 e. The minimum atomic E-state index is -0.766. The van der Waals surface area contributed by atoms with Crippen LogP contribution in [0.15, 0.2) is 0 Å². The van der Waals surface area contributed by atoms with Gasteiger partial charge in [-0.15, -0.1) is 0 Å². The second-order valence-electron chi connectivity index (χ2n) is 5.56. The fourth-order valence-electron chi connectivity index (χ4n) is 2.77. The maximum absolute atomic E-state index is 12.2. The summed E-state index contributed by atoms with van der Waals surface area (Å²) in [4.78, 5) is 26.7. The molecule has 2 fully saturated rings. The first kappa shape index (κ1) is 15.3. The van der Waals surface area contributed by atoms with Gasteiger partial charge in [0.15, 0.2) is 0 Å². The molecule has 2 rings (SSSR count). The van der Waals surface area contributed by atoms with Gasteiger partial charge in [0.1, 0.15) is 0 Å². The summed E-state index contributed by atoms with van der Waals surface area (Å²) in [6.07, 6.45) is 4.01. The minimum absolute atomic E-state index is 0.0984. The maximum atomic E-state index is 12.2. The van der Waals surface area contributed by atoms with E-state index in [0.29, 0.717) is 26.1 Å². The first-order chi connectivity index (χ1) is 9.65. The quantitative estimate of drug-likeness (QED) is 0.799. The van der Waals surface area contributed by atoms with Crippen molar-refractivity contribution in [2.45, 2.75) is 38.2 Å². The molecule has 6 heteroatoms. The van der Waals surface area contributed by atoms with E-state index >= 15 is 0 Å². The molecule has 1 amide bonds. The van der Waals surface area contributed by atoms with Crippen LogP contribution in [0.1, 0.15) is 32.1 Å². The summed E-state index contributed by atoms with van der Waals surface area (Å²) in [5, 5.41) is 8.66. The third kappa shape index (κ3) is 4.76. The van der Waals surface area contributed by atoms with E-state index in [1.54, 1.807) is 0 Å². The van der Waals surface area contributed by atoms with Crippen molar-refractivity contribution in [1.29, 1.82) is 0 Å². The Hall–Kier alpha value is -1.14. The molecule has 1 unspecified atom stereocenters. The highest BCUT2D eigenvalue weighted by Gasteiger charge is 2.24. The van der Waals surface area contributed by atoms with Crippen LogP contribution in [0.25, 0.3) is 0 Å². The molecule has 2 heterocycles. The van der Waals surface area contributed by atoms with Gasteiger partial charge in [-0.3, -0.25) is 14.5 Å². The average Bonchev–Trinajstić information content (AvgIpc) is 2.46. The van der Waals surface area contributed by atoms with E-state index in [9.17, 15) is 9.59 Å². The number of ether oxygens (including phenoxy) is 1. The van der Waals surface area contributed by atoms with Crippen LogP contribution in [0.4, 0.5) is 0 Å². The number of carboxylic acids is 1. The van der Waals surface area contributed by atoms with Gasteiger partial charge >= 0.3 is 5.97 Å². The fraction of sp³-hybridized carbons (Fsp3) is 0.857. The van der Waals surface area contributed by atoms with Gasteiger partial charge in [0.25, 0.3) is 0 Å². The zero-order chi connectivity index (χ0) is 14.4. The van der Waals surface area contributed by atoms with Gasteiger partial charge in [0.2, 0.25) is 5.91 Å². The van der Waals surface area contributed by atoms with E-state index in [1.165, 1.54) is 0 Å². The van der Waals surface area contributed by atoms with Crippen LogP contribution in [0.2, 0.25) is 0 Å². The molecule has 2 aliphatic heterocycles. The molecule has 0 aromatic rings. The van der Waals surface area contributed by atoms with E-state index in [1.807, 2.05) is 4.90 Å². The van der Waals surface area contributed by atoms with Crippen molar-refractivity contribution in [1.82, 2.24) is 9.80 Å². The Morgan fingerprint density at radius 3 is 2.50 bits per heavy atom. The second-order valence-corrected chi connectivity index (χ2v) is 5.56. The van der Waals surface area contributed by atoms with Crippen LogP contribution in [0, 0.1) is 0 Å². The Morgan fingerprint density at radius 1 is 1.15 bits per heavy atom. The van der Waals surface area contributed by atoms with Crippen molar-refractivity contribution in [3.05, 3.63) is 0 Å². The number of rotatable bonds is 5. The van der Waals surface area contributed by atoms with Crippen LogP contribution < -0.4 is 0 Å². The van der Waals surface area contributed by atoms with Crippen LogP contribution >= 0.6 is 0 Å². The molecule has 0 aromatic heterocycles. The Kier molecular flexibility index (Phi) is 5.79. The number of nitrogens with zero attached hydrogens (tertiary/aromatic N) is 2. The molecular weight excluding hydrogens is 260 g/mol. The number of hydrogen-bond acceptors (Lipinski definition) is 4. The zero-order valence-electron chi connectivity index (χ0n) is 11.9. The smallest absolute Gasteiger partial charge is 0.304 e. The van der Waals surface area contributed by atoms with E-state index in [4.69, 9.17) is 9.84 Å². The summed E-state index contributed by atoms with van der Waals surface area (Å²) >= 11 is 0. The topological polar surface area (TPSA) is 70.1 Å². The third-order valence-corrected chi connectivity index (χ3v) is 4.04. The molecule has 0 radical (unpaired) electrons. The van der Waals surface area contributed by atoms with Crippen molar-refractivity contribution in [3.8, 4) is 0 Å². The van der Waals surface area contributed by atoms with Crippen molar-refractivity contribution < 1.29 is 19.4 Å². The number of carbonyl (C=O) groups is 2. The molecule has 6 nitrogen and oxygen atoms in total. The summed E-state index contributed by atoms with van der Waals surface area (Å²) in [7, 11) is 0. The first-order valence-electron chi connectivity index (χ1n) is 7.48. The zero-order valence-corrected chi connectivity index (χ0v) is 11.9.